The summed E-state index contributed by atoms with van der Waals surface area (Å²) in [5, 5.41) is 12.2. The van der Waals surface area contributed by atoms with Crippen molar-refractivity contribution in [1.82, 2.24) is 14.8 Å². The van der Waals surface area contributed by atoms with Crippen LogP contribution in [0.1, 0.15) is 66.6 Å². The molecule has 1 saturated heterocycles. The van der Waals surface area contributed by atoms with Crippen LogP contribution in [0.3, 0.4) is 0 Å². The number of hydrogen-bond acceptors (Lipinski definition) is 5. The van der Waals surface area contributed by atoms with Crippen molar-refractivity contribution in [2.24, 2.45) is 5.92 Å². The number of aryl methyl sites for hydroxylation is 2. The number of carbonyl (C=O) groups excluding carboxylic acids is 1. The molecular formula is C35H40F5N3O5. The molecule has 0 aliphatic carbocycles. The van der Waals surface area contributed by atoms with Gasteiger partial charge in [-0.1, -0.05) is 32.0 Å². The first kappa shape index (κ1) is 36.7. The number of aromatic nitrogens is 1. The topological polar surface area (TPSA) is 101 Å². The average Bonchev–Trinajstić information content (AvgIpc) is 2.96. The number of pyridine rings is 1. The van der Waals surface area contributed by atoms with Crippen LogP contribution in [0, 0.1) is 31.4 Å². The number of likely N-dealkylation sites (tertiary alicyclic amines) is 1. The Labute approximate surface area is 275 Å². The van der Waals surface area contributed by atoms with Crippen molar-refractivity contribution in [3.8, 4) is 11.1 Å². The molecule has 0 unspecified atom stereocenters. The molecule has 2 N–H and O–H groups in total. The van der Waals surface area contributed by atoms with Crippen LogP contribution in [0.15, 0.2) is 47.4 Å². The van der Waals surface area contributed by atoms with Crippen molar-refractivity contribution in [2.45, 2.75) is 71.3 Å². The second-order valence-electron chi connectivity index (χ2n) is 12.8. The van der Waals surface area contributed by atoms with Gasteiger partial charge in [0.2, 0.25) is 5.91 Å². The minimum Gasteiger partial charge on any atom is -0.481 e. The summed E-state index contributed by atoms with van der Waals surface area (Å²) in [6, 6.07) is 5.15. The summed E-state index contributed by atoms with van der Waals surface area (Å²) in [5.41, 5.74) is -0.418. The third-order valence-corrected chi connectivity index (χ3v) is 8.65. The maximum atomic E-state index is 15.4. The van der Waals surface area contributed by atoms with Gasteiger partial charge in [0.1, 0.15) is 6.04 Å². The molecule has 8 nitrogen and oxygen atoms in total. The Morgan fingerprint density at radius 3 is 2.29 bits per heavy atom. The highest BCUT2D eigenvalue weighted by molar-refractivity contribution is 5.82. The van der Waals surface area contributed by atoms with Crippen LogP contribution < -0.4 is 10.9 Å². The molecule has 260 valence electrons. The Kier molecular flexibility index (Phi) is 11.5. The number of rotatable bonds is 13. The number of nitrogens with zero attached hydrogens (tertiary/aromatic N) is 2. The van der Waals surface area contributed by atoms with E-state index in [4.69, 9.17) is 4.74 Å². The Morgan fingerprint density at radius 2 is 1.73 bits per heavy atom. The molecule has 13 heteroatoms. The van der Waals surface area contributed by atoms with Crippen LogP contribution in [0.4, 0.5) is 22.0 Å². The molecule has 0 bridgehead atoms. The molecular weight excluding hydrogens is 637 g/mol. The van der Waals surface area contributed by atoms with Crippen LogP contribution >= 0.6 is 0 Å². The molecule has 3 aromatic rings. The quantitative estimate of drug-likeness (QED) is 0.209. The molecule has 2 heterocycles. The van der Waals surface area contributed by atoms with E-state index in [2.05, 4.69) is 5.32 Å². The first-order valence-corrected chi connectivity index (χ1v) is 15.6. The fraction of sp³-hybridized carbons (Fsp3) is 0.457. The number of methoxy groups -OCH3 is 1. The van der Waals surface area contributed by atoms with Crippen LogP contribution in [0.2, 0.25) is 0 Å². The lowest BCUT2D eigenvalue weighted by Gasteiger charge is -2.38. The summed E-state index contributed by atoms with van der Waals surface area (Å²) in [4.78, 5) is 40.9. The number of aliphatic carboxylic acids is 1. The van der Waals surface area contributed by atoms with E-state index >= 15 is 8.78 Å². The number of carboxylic acids is 1. The SMILES string of the molecule is COC1CN(CCc2cn([C@H](CC(C)C)C(=O)N[C@@H](CC(=O)O)c3cc(-c4c(C)cccc4C)cc(F)c3F)c(=O)cc2C(F)(F)F)C1. The van der Waals surface area contributed by atoms with E-state index < -0.39 is 64.9 Å². The van der Waals surface area contributed by atoms with Gasteiger partial charge < -0.3 is 19.7 Å². The van der Waals surface area contributed by atoms with Gasteiger partial charge in [0.25, 0.3) is 5.56 Å². The Morgan fingerprint density at radius 1 is 1.08 bits per heavy atom. The molecule has 1 amide bonds. The van der Waals surface area contributed by atoms with Gasteiger partial charge in [-0.25, -0.2) is 8.78 Å². The normalized spacial score (nSPS) is 15.3. The second-order valence-corrected chi connectivity index (χ2v) is 12.8. The van der Waals surface area contributed by atoms with Gasteiger partial charge in [0.15, 0.2) is 11.6 Å². The fourth-order valence-electron chi connectivity index (χ4n) is 6.18. The minimum absolute atomic E-state index is 0.0151. The van der Waals surface area contributed by atoms with Crippen LogP contribution in [-0.4, -0.2) is 59.3 Å². The summed E-state index contributed by atoms with van der Waals surface area (Å²) in [7, 11) is 1.55. The highest BCUT2D eigenvalue weighted by Gasteiger charge is 2.37. The summed E-state index contributed by atoms with van der Waals surface area (Å²) < 4.78 is 78.7. The van der Waals surface area contributed by atoms with Gasteiger partial charge in [-0.15, -0.1) is 0 Å². The van der Waals surface area contributed by atoms with Gasteiger partial charge in [0.05, 0.1) is 24.1 Å². The predicted molar refractivity (Wildman–Crippen MR) is 170 cm³/mol. The van der Waals surface area contributed by atoms with Crippen molar-refractivity contribution in [3.63, 3.8) is 0 Å². The van der Waals surface area contributed by atoms with Crippen molar-refractivity contribution < 1.29 is 41.4 Å². The molecule has 0 saturated carbocycles. The van der Waals surface area contributed by atoms with E-state index in [1.54, 1.807) is 53.0 Å². The Balaban J connectivity index is 1.74. The van der Waals surface area contributed by atoms with E-state index in [1.807, 2.05) is 4.90 Å². The van der Waals surface area contributed by atoms with E-state index in [1.165, 1.54) is 6.07 Å². The number of ether oxygens (including phenoxy) is 1. The van der Waals surface area contributed by atoms with Crippen LogP contribution in [0.25, 0.3) is 11.1 Å². The molecule has 1 aliphatic heterocycles. The average molecular weight is 678 g/mol. The number of alkyl halides is 3. The Hall–Kier alpha value is -4.10. The van der Waals surface area contributed by atoms with Gasteiger partial charge in [-0.2, -0.15) is 13.2 Å². The zero-order valence-electron chi connectivity index (χ0n) is 27.5. The number of hydrogen-bond donors (Lipinski definition) is 2. The number of benzene rings is 2. The summed E-state index contributed by atoms with van der Waals surface area (Å²) in [6.07, 6.45) is -4.74. The molecule has 0 spiro atoms. The highest BCUT2D eigenvalue weighted by atomic mass is 19.4. The first-order chi connectivity index (χ1) is 22.5. The molecule has 0 radical (unpaired) electrons. The number of amides is 1. The van der Waals surface area contributed by atoms with E-state index in [0.717, 1.165) is 28.0 Å². The van der Waals surface area contributed by atoms with Crippen molar-refractivity contribution in [2.75, 3.05) is 26.7 Å². The highest BCUT2D eigenvalue weighted by Crippen LogP contribution is 2.35. The third kappa shape index (κ3) is 8.48. The summed E-state index contributed by atoms with van der Waals surface area (Å²) in [5.74, 6) is -5.20. The standard InChI is InChI=1S/C35H40F5N3O5/c1-19(2)11-29(43-16-22(9-10-42-17-24(18-42)48-5)26(14-30(43)44)35(38,39)40)34(47)41-28(15-31(45)46)25-12-23(13-27(36)33(25)37)32-20(3)7-6-8-21(32)4/h6-8,12-14,16,19,24,28-29H,9-11,15,17-18H2,1-5H3,(H,41,47)(H,45,46)/t28-,29+/m0/s1. The largest absolute Gasteiger partial charge is 0.481 e. The lowest BCUT2D eigenvalue weighted by molar-refractivity contribution is -0.139. The number of nitrogens with one attached hydrogen (secondary N) is 1. The van der Waals surface area contributed by atoms with Gasteiger partial charge in [0, 0.05) is 44.6 Å². The van der Waals surface area contributed by atoms with Crippen molar-refractivity contribution >= 4 is 11.9 Å². The molecule has 1 aromatic heterocycles. The summed E-state index contributed by atoms with van der Waals surface area (Å²) >= 11 is 0. The van der Waals surface area contributed by atoms with Gasteiger partial charge in [-0.05, 0) is 72.6 Å². The lowest BCUT2D eigenvalue weighted by atomic mass is 9.92. The number of carbonyl (C=O) groups is 2. The maximum Gasteiger partial charge on any atom is 0.416 e. The number of carboxylic acid groups (broad SMARTS) is 1. The van der Waals surface area contributed by atoms with Crippen molar-refractivity contribution in [3.05, 3.63) is 92.4 Å². The minimum atomic E-state index is -4.83. The molecule has 2 atom stereocenters. The zero-order valence-corrected chi connectivity index (χ0v) is 27.5. The van der Waals surface area contributed by atoms with Crippen LogP contribution in [-0.2, 0) is 26.9 Å². The van der Waals surface area contributed by atoms with Gasteiger partial charge >= 0.3 is 12.1 Å². The summed E-state index contributed by atoms with van der Waals surface area (Å²) in [6.45, 7) is 8.39. The second kappa shape index (κ2) is 15.0. The number of halogens is 5. The lowest BCUT2D eigenvalue weighted by Crippen LogP contribution is -2.52. The smallest absolute Gasteiger partial charge is 0.416 e. The van der Waals surface area contributed by atoms with E-state index in [-0.39, 0.29) is 42.5 Å². The van der Waals surface area contributed by atoms with Crippen LogP contribution in [0.5, 0.6) is 0 Å². The molecule has 1 aliphatic rings. The zero-order chi connectivity index (χ0) is 35.5. The maximum absolute atomic E-state index is 15.4. The molecule has 1 fully saturated rings. The van der Waals surface area contributed by atoms with Crippen molar-refractivity contribution in [1.29, 1.82) is 0 Å². The monoisotopic (exact) mass is 677 g/mol. The van der Waals surface area contributed by atoms with Gasteiger partial charge in [-0.3, -0.25) is 19.3 Å². The Bertz CT molecular complexity index is 1700. The molecule has 4 rings (SSSR count). The van der Waals surface area contributed by atoms with E-state index in [9.17, 15) is 32.7 Å². The first-order valence-electron chi connectivity index (χ1n) is 15.6. The predicted octanol–water partition coefficient (Wildman–Crippen LogP) is 6.22. The molecule has 48 heavy (non-hydrogen) atoms. The fourth-order valence-corrected chi connectivity index (χ4v) is 6.18. The third-order valence-electron chi connectivity index (χ3n) is 8.65. The van der Waals surface area contributed by atoms with E-state index in [0.29, 0.717) is 24.7 Å². The molecule has 2 aromatic carbocycles.